The van der Waals surface area contributed by atoms with E-state index in [0.29, 0.717) is 11.6 Å². The first kappa shape index (κ1) is 10.4. The van der Waals surface area contributed by atoms with Crippen LogP contribution in [-0.4, -0.2) is 29.0 Å². The maximum atomic E-state index is 6.09. The first-order valence-electron chi connectivity index (χ1n) is 6.70. The Morgan fingerprint density at radius 1 is 1.25 bits per heavy atom. The van der Waals surface area contributed by atoms with Gasteiger partial charge in [0.25, 0.3) is 0 Å². The van der Waals surface area contributed by atoms with Crippen LogP contribution in [0, 0.1) is 11.8 Å². The molecule has 0 bridgehead atoms. The number of hydrogen-bond acceptors (Lipinski definition) is 3. The average Bonchev–Trinajstić information content (AvgIpc) is 2.94. The predicted molar refractivity (Wildman–Crippen MR) is 66.3 cm³/mol. The van der Waals surface area contributed by atoms with E-state index in [1.807, 2.05) is 0 Å². The minimum absolute atomic E-state index is 0.294. The van der Waals surface area contributed by atoms with Crippen molar-refractivity contribution >= 4 is 5.96 Å². The second-order valence-corrected chi connectivity index (χ2v) is 6.35. The van der Waals surface area contributed by atoms with Gasteiger partial charge in [-0.3, -0.25) is 4.99 Å². The van der Waals surface area contributed by atoms with Crippen LogP contribution in [0.3, 0.4) is 0 Å². The van der Waals surface area contributed by atoms with E-state index < -0.39 is 0 Å². The molecular weight excluding hydrogens is 198 g/mol. The molecule has 1 heterocycles. The summed E-state index contributed by atoms with van der Waals surface area (Å²) in [5.41, 5.74) is 6.39. The quantitative estimate of drug-likeness (QED) is 0.735. The van der Waals surface area contributed by atoms with Crippen molar-refractivity contribution in [1.29, 1.82) is 0 Å². The highest BCUT2D eigenvalue weighted by molar-refractivity contribution is 5.81. The lowest BCUT2D eigenvalue weighted by molar-refractivity contribution is 0.0788. The number of nitrogens with two attached hydrogens (primary N) is 1. The fourth-order valence-electron chi connectivity index (χ4n) is 4.09. The van der Waals surface area contributed by atoms with Crippen LogP contribution in [0.2, 0.25) is 0 Å². The molecule has 0 radical (unpaired) electrons. The maximum Gasteiger partial charge on any atom is 0.192 e. The van der Waals surface area contributed by atoms with Crippen molar-refractivity contribution in [2.24, 2.45) is 22.6 Å². The van der Waals surface area contributed by atoms with E-state index in [2.05, 4.69) is 23.7 Å². The van der Waals surface area contributed by atoms with Gasteiger partial charge in [-0.25, -0.2) is 0 Å². The number of nitrogens with zero attached hydrogens (tertiary/aromatic N) is 2. The van der Waals surface area contributed by atoms with Crippen molar-refractivity contribution in [3.63, 3.8) is 0 Å². The van der Waals surface area contributed by atoms with E-state index >= 15 is 0 Å². The summed E-state index contributed by atoms with van der Waals surface area (Å²) in [6.07, 6.45) is 6.59. The van der Waals surface area contributed by atoms with Crippen molar-refractivity contribution in [2.45, 2.75) is 57.5 Å². The summed E-state index contributed by atoms with van der Waals surface area (Å²) >= 11 is 0. The zero-order chi connectivity index (χ0) is 11.3. The lowest BCUT2D eigenvalue weighted by atomic mass is 9.71. The summed E-state index contributed by atoms with van der Waals surface area (Å²) in [6.45, 7) is 5.72. The second kappa shape index (κ2) is 3.38. The number of rotatable bonds is 1. The Morgan fingerprint density at radius 2 is 1.88 bits per heavy atom. The zero-order valence-corrected chi connectivity index (χ0v) is 10.4. The Hall–Kier alpha value is -0.730. The van der Waals surface area contributed by atoms with E-state index in [4.69, 9.17) is 5.73 Å². The largest absolute Gasteiger partial charge is 0.370 e. The molecule has 2 saturated carbocycles. The average molecular weight is 221 g/mol. The van der Waals surface area contributed by atoms with Crippen LogP contribution >= 0.6 is 0 Å². The molecule has 2 atom stereocenters. The third-order valence-corrected chi connectivity index (χ3v) is 4.47. The summed E-state index contributed by atoms with van der Waals surface area (Å²) < 4.78 is 0. The van der Waals surface area contributed by atoms with Gasteiger partial charge in [-0.05, 0) is 43.9 Å². The zero-order valence-electron chi connectivity index (χ0n) is 10.4. The van der Waals surface area contributed by atoms with Crippen LogP contribution in [0.15, 0.2) is 4.99 Å². The van der Waals surface area contributed by atoms with Gasteiger partial charge in [-0.1, -0.05) is 13.8 Å². The highest BCUT2D eigenvalue weighted by Gasteiger charge is 2.51. The second-order valence-electron chi connectivity index (χ2n) is 6.35. The lowest BCUT2D eigenvalue weighted by Crippen LogP contribution is -2.56. The van der Waals surface area contributed by atoms with E-state index in [-0.39, 0.29) is 0 Å². The van der Waals surface area contributed by atoms with Gasteiger partial charge in [0.2, 0.25) is 0 Å². The van der Waals surface area contributed by atoms with E-state index in [9.17, 15) is 0 Å². The van der Waals surface area contributed by atoms with Crippen molar-refractivity contribution in [1.82, 2.24) is 4.90 Å². The molecule has 16 heavy (non-hydrogen) atoms. The Balaban J connectivity index is 1.86. The summed E-state index contributed by atoms with van der Waals surface area (Å²) in [5, 5.41) is 0. The standard InChI is InChI=1S/C13H23N3/c1-9-5-10(2)7-13(6-9)8-15-12(14)16(13)11-3-4-11/h9-11H,3-8H2,1-2H3,(H2,14,15). The molecule has 90 valence electrons. The number of hydrogen-bond donors (Lipinski definition) is 1. The predicted octanol–water partition coefficient (Wildman–Crippen LogP) is 1.97. The Morgan fingerprint density at radius 3 is 2.44 bits per heavy atom. The van der Waals surface area contributed by atoms with Crippen molar-refractivity contribution < 1.29 is 0 Å². The molecular formula is C13H23N3. The fraction of sp³-hybridized carbons (Fsp3) is 0.923. The highest BCUT2D eigenvalue weighted by Crippen LogP contribution is 2.46. The third-order valence-electron chi connectivity index (χ3n) is 4.47. The SMILES string of the molecule is CC1CC(C)CC2(CN=C(N)N2C2CC2)C1. The highest BCUT2D eigenvalue weighted by atomic mass is 15.4. The monoisotopic (exact) mass is 221 g/mol. The first-order valence-corrected chi connectivity index (χ1v) is 6.70. The Kier molecular flexibility index (Phi) is 2.20. The van der Waals surface area contributed by atoms with Gasteiger partial charge in [0.1, 0.15) is 0 Å². The smallest absolute Gasteiger partial charge is 0.192 e. The molecule has 3 rings (SSSR count). The van der Waals surface area contributed by atoms with Crippen molar-refractivity contribution in [3.8, 4) is 0 Å². The Labute approximate surface area is 98.1 Å². The molecule has 3 aliphatic rings. The summed E-state index contributed by atoms with van der Waals surface area (Å²) in [4.78, 5) is 7.03. The summed E-state index contributed by atoms with van der Waals surface area (Å²) in [7, 11) is 0. The minimum Gasteiger partial charge on any atom is -0.370 e. The topological polar surface area (TPSA) is 41.6 Å². The van der Waals surface area contributed by atoms with Crippen LogP contribution in [0.1, 0.15) is 46.0 Å². The number of guanidine groups is 1. The summed E-state index contributed by atoms with van der Waals surface area (Å²) in [6, 6.07) is 0.712. The molecule has 3 nitrogen and oxygen atoms in total. The van der Waals surface area contributed by atoms with Crippen LogP contribution in [0.25, 0.3) is 0 Å². The van der Waals surface area contributed by atoms with Gasteiger partial charge in [-0.15, -0.1) is 0 Å². The lowest BCUT2D eigenvalue weighted by Gasteiger charge is -2.46. The molecule has 2 aliphatic carbocycles. The Bertz CT molecular complexity index is 309. The molecule has 3 heteroatoms. The molecule has 0 saturated heterocycles. The molecule has 0 aromatic rings. The van der Waals surface area contributed by atoms with E-state index in [0.717, 1.165) is 24.3 Å². The minimum atomic E-state index is 0.294. The van der Waals surface area contributed by atoms with Gasteiger partial charge >= 0.3 is 0 Å². The molecule has 1 spiro atoms. The molecule has 2 fully saturated rings. The molecule has 2 unspecified atom stereocenters. The van der Waals surface area contributed by atoms with Crippen LogP contribution in [-0.2, 0) is 0 Å². The van der Waals surface area contributed by atoms with E-state index in [1.165, 1.54) is 32.1 Å². The number of aliphatic imine (C=N–C) groups is 1. The molecule has 2 N–H and O–H groups in total. The molecule has 0 aromatic heterocycles. The van der Waals surface area contributed by atoms with Crippen LogP contribution in [0.4, 0.5) is 0 Å². The molecule has 0 aromatic carbocycles. The normalized spacial score (nSPS) is 43.9. The third kappa shape index (κ3) is 1.52. The van der Waals surface area contributed by atoms with Crippen molar-refractivity contribution in [3.05, 3.63) is 0 Å². The van der Waals surface area contributed by atoms with Crippen LogP contribution in [0.5, 0.6) is 0 Å². The van der Waals surface area contributed by atoms with Gasteiger partial charge in [0.05, 0.1) is 12.1 Å². The van der Waals surface area contributed by atoms with Gasteiger partial charge in [0, 0.05) is 6.04 Å². The van der Waals surface area contributed by atoms with Crippen LogP contribution < -0.4 is 5.73 Å². The van der Waals surface area contributed by atoms with Crippen molar-refractivity contribution in [2.75, 3.05) is 6.54 Å². The summed E-state index contributed by atoms with van der Waals surface area (Å²) in [5.74, 6) is 2.47. The maximum absolute atomic E-state index is 6.09. The van der Waals surface area contributed by atoms with Gasteiger partial charge < -0.3 is 10.6 Å². The molecule has 0 amide bonds. The van der Waals surface area contributed by atoms with Gasteiger partial charge in [0.15, 0.2) is 5.96 Å². The van der Waals surface area contributed by atoms with Gasteiger partial charge in [-0.2, -0.15) is 0 Å². The first-order chi connectivity index (χ1) is 7.61. The molecule has 1 aliphatic heterocycles. The fourth-order valence-corrected chi connectivity index (χ4v) is 4.09. The van der Waals surface area contributed by atoms with E-state index in [1.54, 1.807) is 0 Å².